The first-order valence-electron chi connectivity index (χ1n) is 13.9. The molecule has 2 unspecified atom stereocenters. The molecule has 0 saturated heterocycles. The minimum Gasteiger partial charge on any atom is -0.508 e. The first-order valence-corrected chi connectivity index (χ1v) is 13.9. The number of nitrogens with two attached hydrogens (primary N) is 1. The number of phenolic OH excluding ortho intramolecular Hbond substituents is 1. The van der Waals surface area contributed by atoms with Crippen molar-refractivity contribution in [2.75, 3.05) is 20.2 Å². The first-order chi connectivity index (χ1) is 19.5. The van der Waals surface area contributed by atoms with Gasteiger partial charge in [0.25, 0.3) is 0 Å². The number of carbonyl (C=O) groups excluding carboxylic acids is 3. The molecule has 5 atom stereocenters. The molecule has 0 aromatic heterocycles. The molecular weight excluding hydrogens is 528 g/mol. The molecule has 10 heteroatoms. The average molecular weight is 565 g/mol. The van der Waals surface area contributed by atoms with E-state index < -0.39 is 52.7 Å². The molecule has 1 amide bonds. The maximum absolute atomic E-state index is 13.9. The van der Waals surface area contributed by atoms with Gasteiger partial charge in [-0.05, 0) is 73.2 Å². The summed E-state index contributed by atoms with van der Waals surface area (Å²) >= 11 is 0. The number of rotatable bonds is 7. The van der Waals surface area contributed by atoms with E-state index in [2.05, 4.69) is 18.7 Å². The second kappa shape index (κ2) is 10.6. The smallest absolute Gasteiger partial charge is 0.230 e. The number of allylic oxidation sites excluding steroid dienone is 1. The number of ketones is 2. The van der Waals surface area contributed by atoms with Crippen molar-refractivity contribution in [3.8, 4) is 22.6 Å². The van der Waals surface area contributed by atoms with Crippen LogP contribution in [0.1, 0.15) is 48.2 Å². The van der Waals surface area contributed by atoms with Crippen LogP contribution in [0.3, 0.4) is 0 Å². The van der Waals surface area contributed by atoms with Crippen molar-refractivity contribution in [3.63, 3.8) is 0 Å². The molecule has 0 aliphatic heterocycles. The topological polar surface area (TPSA) is 171 Å². The summed E-state index contributed by atoms with van der Waals surface area (Å²) in [6, 6.07) is 9.02. The van der Waals surface area contributed by atoms with Crippen LogP contribution in [-0.2, 0) is 22.6 Å². The molecule has 0 radical (unpaired) electrons. The fourth-order valence-corrected chi connectivity index (χ4v) is 6.95. The number of fused-ring (bicyclic) bond motifs is 3. The second-order valence-corrected chi connectivity index (χ2v) is 11.2. The quantitative estimate of drug-likeness (QED) is 0.317. The number of nitrogens with zero attached hydrogens (tertiary/aromatic N) is 1. The van der Waals surface area contributed by atoms with Crippen LogP contribution in [0.5, 0.6) is 11.5 Å². The van der Waals surface area contributed by atoms with Gasteiger partial charge in [-0.15, -0.1) is 0 Å². The van der Waals surface area contributed by atoms with Gasteiger partial charge < -0.3 is 30.9 Å². The largest absolute Gasteiger partial charge is 0.508 e. The molecule has 41 heavy (non-hydrogen) atoms. The molecule has 0 bridgehead atoms. The van der Waals surface area contributed by atoms with Crippen molar-refractivity contribution in [3.05, 3.63) is 58.4 Å². The first kappa shape index (κ1) is 28.8. The minimum absolute atomic E-state index is 0.0201. The lowest BCUT2D eigenvalue weighted by atomic mass is 9.57. The Labute approximate surface area is 238 Å². The lowest BCUT2D eigenvalue weighted by Gasteiger charge is -2.48. The van der Waals surface area contributed by atoms with E-state index in [0.717, 1.165) is 30.8 Å². The van der Waals surface area contributed by atoms with Crippen LogP contribution in [0.15, 0.2) is 41.7 Å². The molecule has 2 aromatic rings. The number of aliphatic hydroxyl groups excluding tert-OH is 2. The van der Waals surface area contributed by atoms with Crippen LogP contribution in [0.25, 0.3) is 11.1 Å². The van der Waals surface area contributed by atoms with Gasteiger partial charge in [0.1, 0.15) is 23.2 Å². The molecule has 1 saturated carbocycles. The number of primary amides is 1. The molecule has 10 nitrogen and oxygen atoms in total. The predicted octanol–water partition coefficient (Wildman–Crippen LogP) is 2.26. The SMILES string of the molecule is CCN(CC)Cc1ccc(OC)c(-c2ccc(O)c3c2C[C@H]2C[C@H]4CC(O)C(C(N)=O)C(=O)[C@@]4(O)C(O)=C2C3=O)c1. The van der Waals surface area contributed by atoms with Crippen molar-refractivity contribution in [1.29, 1.82) is 0 Å². The Bertz CT molecular complexity index is 1460. The Balaban J connectivity index is 1.64. The third kappa shape index (κ3) is 4.41. The van der Waals surface area contributed by atoms with Gasteiger partial charge >= 0.3 is 0 Å². The van der Waals surface area contributed by atoms with Crippen LogP contribution in [0.2, 0.25) is 0 Å². The number of Topliss-reactive ketones (excluding diaryl/α,β-unsaturated/α-hetero) is 2. The van der Waals surface area contributed by atoms with E-state index in [9.17, 15) is 34.8 Å². The predicted molar refractivity (Wildman–Crippen MR) is 149 cm³/mol. The lowest BCUT2D eigenvalue weighted by Crippen LogP contribution is -2.63. The molecule has 218 valence electrons. The van der Waals surface area contributed by atoms with Crippen molar-refractivity contribution in [2.24, 2.45) is 23.5 Å². The number of amides is 1. The monoisotopic (exact) mass is 564 g/mol. The lowest BCUT2D eigenvalue weighted by molar-refractivity contribution is -0.167. The molecule has 2 aromatic carbocycles. The van der Waals surface area contributed by atoms with Crippen LogP contribution in [-0.4, -0.2) is 74.7 Å². The molecule has 3 aliphatic rings. The van der Waals surface area contributed by atoms with E-state index in [1.807, 2.05) is 18.2 Å². The summed E-state index contributed by atoms with van der Waals surface area (Å²) in [5.74, 6) is -6.72. The Hall–Kier alpha value is -3.73. The number of aromatic hydroxyl groups is 1. The van der Waals surface area contributed by atoms with Gasteiger partial charge in [0, 0.05) is 23.6 Å². The van der Waals surface area contributed by atoms with E-state index in [-0.39, 0.29) is 36.1 Å². The van der Waals surface area contributed by atoms with Crippen molar-refractivity contribution < 1.29 is 39.5 Å². The Morgan fingerprint density at radius 2 is 1.80 bits per heavy atom. The maximum atomic E-state index is 13.9. The molecular formula is C31H36N2O8. The number of ether oxygens (including phenoxy) is 1. The average Bonchev–Trinajstić information content (AvgIpc) is 2.93. The highest BCUT2D eigenvalue weighted by Gasteiger charge is 2.62. The summed E-state index contributed by atoms with van der Waals surface area (Å²) in [5, 5.41) is 44.1. The fourth-order valence-electron chi connectivity index (χ4n) is 6.95. The minimum atomic E-state index is -2.53. The molecule has 5 rings (SSSR count). The van der Waals surface area contributed by atoms with Crippen molar-refractivity contribution in [2.45, 2.75) is 51.4 Å². The Morgan fingerprint density at radius 1 is 1.10 bits per heavy atom. The number of carbonyl (C=O) groups is 3. The number of aliphatic hydroxyl groups is 3. The molecule has 0 heterocycles. The van der Waals surface area contributed by atoms with E-state index >= 15 is 0 Å². The molecule has 0 spiro atoms. The van der Waals surface area contributed by atoms with Gasteiger partial charge in [-0.2, -0.15) is 0 Å². The molecule has 6 N–H and O–H groups in total. The van der Waals surface area contributed by atoms with Crippen LogP contribution in [0.4, 0.5) is 0 Å². The summed E-state index contributed by atoms with van der Waals surface area (Å²) in [4.78, 5) is 41.3. The van der Waals surface area contributed by atoms with Crippen molar-refractivity contribution >= 4 is 17.5 Å². The fraction of sp³-hybridized carbons (Fsp3) is 0.452. The number of benzene rings is 2. The number of hydrogen-bond acceptors (Lipinski definition) is 9. The Morgan fingerprint density at radius 3 is 2.44 bits per heavy atom. The van der Waals surface area contributed by atoms with E-state index in [1.54, 1.807) is 13.2 Å². The van der Waals surface area contributed by atoms with E-state index in [1.165, 1.54) is 6.07 Å². The van der Waals surface area contributed by atoms with Gasteiger partial charge in [0.05, 0.1) is 18.8 Å². The zero-order valence-electron chi connectivity index (χ0n) is 23.4. The molecule has 1 fully saturated rings. The third-order valence-corrected chi connectivity index (χ3v) is 9.13. The van der Waals surface area contributed by atoms with Crippen LogP contribution < -0.4 is 10.5 Å². The van der Waals surface area contributed by atoms with Crippen LogP contribution in [0, 0.1) is 17.8 Å². The summed E-state index contributed by atoms with van der Waals surface area (Å²) in [5.41, 5.74) is 5.66. The summed E-state index contributed by atoms with van der Waals surface area (Å²) in [6.07, 6.45) is -1.24. The van der Waals surface area contributed by atoms with Crippen LogP contribution >= 0.6 is 0 Å². The van der Waals surface area contributed by atoms with Gasteiger partial charge in [0.2, 0.25) is 5.91 Å². The molecule has 3 aliphatic carbocycles. The second-order valence-electron chi connectivity index (χ2n) is 11.2. The number of phenols is 1. The van der Waals surface area contributed by atoms with Gasteiger partial charge in [-0.1, -0.05) is 26.0 Å². The highest BCUT2D eigenvalue weighted by Crippen LogP contribution is 2.53. The van der Waals surface area contributed by atoms with Gasteiger partial charge in [0.15, 0.2) is 17.2 Å². The normalized spacial score (nSPS) is 27.4. The summed E-state index contributed by atoms with van der Waals surface area (Å²) in [7, 11) is 1.56. The Kier molecular flexibility index (Phi) is 7.44. The van der Waals surface area contributed by atoms with Crippen molar-refractivity contribution in [1.82, 2.24) is 4.90 Å². The van der Waals surface area contributed by atoms with Gasteiger partial charge in [-0.25, -0.2) is 0 Å². The maximum Gasteiger partial charge on any atom is 0.230 e. The summed E-state index contributed by atoms with van der Waals surface area (Å²) in [6.45, 7) is 6.66. The zero-order valence-corrected chi connectivity index (χ0v) is 23.4. The third-order valence-electron chi connectivity index (χ3n) is 9.13. The summed E-state index contributed by atoms with van der Waals surface area (Å²) < 4.78 is 5.67. The number of methoxy groups -OCH3 is 1. The zero-order chi connectivity index (χ0) is 29.8. The number of hydrogen-bond donors (Lipinski definition) is 5. The highest BCUT2D eigenvalue weighted by molar-refractivity contribution is 6.16. The van der Waals surface area contributed by atoms with E-state index in [0.29, 0.717) is 16.9 Å². The van der Waals surface area contributed by atoms with Gasteiger partial charge in [-0.3, -0.25) is 19.3 Å². The van der Waals surface area contributed by atoms with E-state index in [4.69, 9.17) is 10.5 Å². The standard InChI is InChI=1S/C31H36N2O8/c1-4-33(5-2)14-15-6-9-23(41-3)19(10-15)18-7-8-21(34)25-20(18)12-16-11-17-13-22(35)26(30(32)39)29(38)31(17,40)28(37)24(16)27(25)36/h6-10,16-17,22,26,34-35,37,40H,4-5,11-14H2,1-3H3,(H2,32,39)/t16-,17+,22?,26?,31+/m1/s1. The highest BCUT2D eigenvalue weighted by atomic mass is 16.5.